The second kappa shape index (κ2) is 5.75. The molecule has 2 heterocycles. The van der Waals surface area contributed by atoms with Gasteiger partial charge in [-0.25, -0.2) is 9.37 Å². The summed E-state index contributed by atoms with van der Waals surface area (Å²) in [7, 11) is 1.95. The maximum absolute atomic E-state index is 14.1. The fourth-order valence-corrected chi connectivity index (χ4v) is 2.60. The van der Waals surface area contributed by atoms with Crippen molar-refractivity contribution in [3.8, 4) is 0 Å². The Kier molecular flexibility index (Phi) is 3.79. The van der Waals surface area contributed by atoms with Gasteiger partial charge < -0.3 is 4.90 Å². The predicted octanol–water partition coefficient (Wildman–Crippen LogP) is 3.63. The molecule has 3 aromatic rings. The summed E-state index contributed by atoms with van der Waals surface area (Å²) in [6, 6.07) is 10.7. The first kappa shape index (κ1) is 14.5. The van der Waals surface area contributed by atoms with Crippen molar-refractivity contribution in [2.75, 3.05) is 11.9 Å². The largest absolute Gasteiger partial charge is 0.353 e. The Bertz CT molecular complexity index is 796. The third-order valence-corrected chi connectivity index (χ3v) is 4.05. The third-order valence-electron chi connectivity index (χ3n) is 4.05. The van der Waals surface area contributed by atoms with Crippen LogP contribution in [0.1, 0.15) is 31.1 Å². The first-order valence-corrected chi connectivity index (χ1v) is 7.42. The predicted molar refractivity (Wildman–Crippen MR) is 85.6 cm³/mol. The van der Waals surface area contributed by atoms with Crippen LogP contribution in [0.2, 0.25) is 0 Å². The van der Waals surface area contributed by atoms with E-state index in [4.69, 9.17) is 0 Å². The third kappa shape index (κ3) is 2.43. The number of fused-ring (bicyclic) bond motifs is 1. The van der Waals surface area contributed by atoms with Crippen molar-refractivity contribution in [2.45, 2.75) is 26.3 Å². The van der Waals surface area contributed by atoms with Gasteiger partial charge in [-0.05, 0) is 19.4 Å². The molecule has 1 atom stereocenters. The lowest BCUT2D eigenvalue weighted by Crippen LogP contribution is -2.25. The number of aryl methyl sites for hydroxylation is 1. The molecule has 0 radical (unpaired) electrons. The van der Waals surface area contributed by atoms with Gasteiger partial charge in [0, 0.05) is 30.4 Å². The van der Waals surface area contributed by atoms with Crippen molar-refractivity contribution < 1.29 is 4.39 Å². The molecule has 114 valence electrons. The number of aromatic nitrogens is 3. The van der Waals surface area contributed by atoms with Gasteiger partial charge in [-0.3, -0.25) is 0 Å². The van der Waals surface area contributed by atoms with Crippen molar-refractivity contribution in [1.29, 1.82) is 0 Å². The molecule has 0 spiro atoms. The van der Waals surface area contributed by atoms with E-state index in [1.165, 1.54) is 6.07 Å². The zero-order valence-corrected chi connectivity index (χ0v) is 13.0. The van der Waals surface area contributed by atoms with Gasteiger partial charge in [-0.1, -0.05) is 25.1 Å². The van der Waals surface area contributed by atoms with Gasteiger partial charge in [0.05, 0.1) is 12.2 Å². The lowest BCUT2D eigenvalue weighted by Gasteiger charge is -2.28. The fraction of sp³-hybridized carbons (Fsp3) is 0.294. The minimum atomic E-state index is -0.191. The summed E-state index contributed by atoms with van der Waals surface area (Å²) < 4.78 is 15.8. The molecule has 0 amide bonds. The molecule has 0 saturated carbocycles. The number of hydrogen-bond acceptors (Lipinski definition) is 3. The first-order chi connectivity index (χ1) is 10.6. The molecule has 0 aliphatic rings. The van der Waals surface area contributed by atoms with Crippen LogP contribution >= 0.6 is 0 Å². The Labute approximate surface area is 129 Å². The topological polar surface area (TPSA) is 33.4 Å². The van der Waals surface area contributed by atoms with E-state index in [1.807, 2.05) is 43.1 Å². The van der Waals surface area contributed by atoms with E-state index in [-0.39, 0.29) is 11.9 Å². The van der Waals surface area contributed by atoms with Crippen molar-refractivity contribution >= 4 is 11.5 Å². The average Bonchev–Trinajstić information content (AvgIpc) is 3.01. The van der Waals surface area contributed by atoms with Crippen LogP contribution in [0.3, 0.4) is 0 Å². The molecular formula is C17H19FN4. The summed E-state index contributed by atoms with van der Waals surface area (Å²) in [5, 5.41) is 4.33. The van der Waals surface area contributed by atoms with Crippen LogP contribution < -0.4 is 4.90 Å². The zero-order valence-electron chi connectivity index (χ0n) is 13.0. The lowest BCUT2D eigenvalue weighted by atomic mass is 10.1. The molecule has 5 heteroatoms. The number of anilines is 1. The Morgan fingerprint density at radius 2 is 2.05 bits per heavy atom. The highest BCUT2D eigenvalue weighted by molar-refractivity contribution is 5.51. The van der Waals surface area contributed by atoms with E-state index in [2.05, 4.69) is 17.0 Å². The van der Waals surface area contributed by atoms with Crippen molar-refractivity contribution in [1.82, 2.24) is 14.6 Å². The molecule has 0 aliphatic carbocycles. The Balaban J connectivity index is 2.06. The minimum absolute atomic E-state index is 0.110. The molecule has 2 aromatic heterocycles. The summed E-state index contributed by atoms with van der Waals surface area (Å²) in [6.07, 6.45) is 2.57. The maximum Gasteiger partial charge on any atom is 0.157 e. The van der Waals surface area contributed by atoms with Crippen LogP contribution in [-0.2, 0) is 6.42 Å². The van der Waals surface area contributed by atoms with Gasteiger partial charge in [0.25, 0.3) is 0 Å². The molecule has 4 nitrogen and oxygen atoms in total. The summed E-state index contributed by atoms with van der Waals surface area (Å²) >= 11 is 0. The summed E-state index contributed by atoms with van der Waals surface area (Å²) in [5.41, 5.74) is 2.47. The molecule has 3 rings (SSSR count). The van der Waals surface area contributed by atoms with Gasteiger partial charge in [-0.2, -0.15) is 9.61 Å². The number of hydrogen-bond donors (Lipinski definition) is 0. The summed E-state index contributed by atoms with van der Waals surface area (Å²) in [6.45, 7) is 4.05. The molecule has 0 saturated heterocycles. The second-order valence-corrected chi connectivity index (χ2v) is 5.37. The smallest absolute Gasteiger partial charge is 0.157 e. The molecule has 1 unspecified atom stereocenters. The van der Waals surface area contributed by atoms with E-state index >= 15 is 0 Å². The van der Waals surface area contributed by atoms with Gasteiger partial charge >= 0.3 is 0 Å². The number of halogens is 1. The highest BCUT2D eigenvalue weighted by atomic mass is 19.1. The normalized spacial score (nSPS) is 12.5. The van der Waals surface area contributed by atoms with Crippen LogP contribution in [0.5, 0.6) is 0 Å². The number of nitrogens with zero attached hydrogens (tertiary/aromatic N) is 4. The monoisotopic (exact) mass is 298 g/mol. The lowest BCUT2D eigenvalue weighted by molar-refractivity contribution is 0.582. The summed E-state index contributed by atoms with van der Waals surface area (Å²) in [5.74, 6) is 0.714. The maximum atomic E-state index is 14.1. The van der Waals surface area contributed by atoms with E-state index in [0.717, 1.165) is 23.6 Å². The van der Waals surface area contributed by atoms with Crippen molar-refractivity contribution in [3.63, 3.8) is 0 Å². The average molecular weight is 298 g/mol. The number of benzene rings is 1. The zero-order chi connectivity index (χ0) is 15.7. The standard InChI is InChI=1S/C17H19FN4/c1-4-13-11-17(22-16(20-13)9-10-19-22)21(3)12(2)14-7-5-6-8-15(14)18/h5-12H,4H2,1-3H3. The SMILES string of the molecule is CCc1cc(N(C)C(C)c2ccccc2F)n2nccc2n1. The highest BCUT2D eigenvalue weighted by Crippen LogP contribution is 2.27. The van der Waals surface area contributed by atoms with E-state index in [0.29, 0.717) is 5.56 Å². The molecule has 22 heavy (non-hydrogen) atoms. The fourth-order valence-electron chi connectivity index (χ4n) is 2.60. The Morgan fingerprint density at radius 3 is 2.77 bits per heavy atom. The van der Waals surface area contributed by atoms with Crippen LogP contribution in [0, 0.1) is 5.82 Å². The van der Waals surface area contributed by atoms with Crippen LogP contribution in [0.25, 0.3) is 5.65 Å². The van der Waals surface area contributed by atoms with Crippen LogP contribution in [-0.4, -0.2) is 21.6 Å². The summed E-state index contributed by atoms with van der Waals surface area (Å²) in [4.78, 5) is 6.57. The van der Waals surface area contributed by atoms with Crippen molar-refractivity contribution in [2.24, 2.45) is 0 Å². The van der Waals surface area contributed by atoms with Gasteiger partial charge in [0.15, 0.2) is 5.65 Å². The van der Waals surface area contributed by atoms with Gasteiger partial charge in [-0.15, -0.1) is 0 Å². The van der Waals surface area contributed by atoms with Gasteiger partial charge in [0.2, 0.25) is 0 Å². The second-order valence-electron chi connectivity index (χ2n) is 5.37. The molecule has 0 fully saturated rings. The Morgan fingerprint density at radius 1 is 1.27 bits per heavy atom. The Hall–Kier alpha value is -2.43. The first-order valence-electron chi connectivity index (χ1n) is 7.42. The quantitative estimate of drug-likeness (QED) is 0.737. The molecule has 0 aliphatic heterocycles. The molecule has 0 bridgehead atoms. The molecule has 0 N–H and O–H groups in total. The van der Waals surface area contributed by atoms with Gasteiger partial charge in [0.1, 0.15) is 11.6 Å². The van der Waals surface area contributed by atoms with Crippen LogP contribution in [0.4, 0.5) is 10.2 Å². The highest BCUT2D eigenvalue weighted by Gasteiger charge is 2.19. The number of rotatable bonds is 4. The van der Waals surface area contributed by atoms with Crippen molar-refractivity contribution in [3.05, 3.63) is 59.7 Å². The van der Waals surface area contributed by atoms with Crippen LogP contribution in [0.15, 0.2) is 42.6 Å². The minimum Gasteiger partial charge on any atom is -0.353 e. The van der Waals surface area contributed by atoms with E-state index in [9.17, 15) is 4.39 Å². The molecule has 1 aromatic carbocycles. The van der Waals surface area contributed by atoms with E-state index in [1.54, 1.807) is 16.8 Å². The molecular weight excluding hydrogens is 279 g/mol. The van der Waals surface area contributed by atoms with E-state index < -0.39 is 0 Å².